The van der Waals surface area contributed by atoms with Crippen molar-refractivity contribution in [2.24, 2.45) is 5.73 Å². The molecule has 94 valence electrons. The fourth-order valence-electron chi connectivity index (χ4n) is 1.71. The summed E-state index contributed by atoms with van der Waals surface area (Å²) < 4.78 is 1.53. The maximum absolute atomic E-state index is 11.9. The zero-order valence-electron chi connectivity index (χ0n) is 10.1. The second-order valence-corrected chi connectivity index (χ2v) is 4.06. The molecule has 0 bridgehead atoms. The molecule has 2 N–H and O–H groups in total. The molecule has 2 aromatic heterocycles. The van der Waals surface area contributed by atoms with Crippen LogP contribution in [0.3, 0.4) is 0 Å². The van der Waals surface area contributed by atoms with E-state index in [0.717, 1.165) is 11.3 Å². The van der Waals surface area contributed by atoms with Crippen molar-refractivity contribution >= 4 is 5.91 Å². The van der Waals surface area contributed by atoms with Crippen LogP contribution in [0.1, 0.15) is 22.5 Å². The van der Waals surface area contributed by atoms with E-state index in [0.29, 0.717) is 25.8 Å². The highest BCUT2D eigenvalue weighted by molar-refractivity contribution is 5.78. The van der Waals surface area contributed by atoms with Crippen LogP contribution in [0.25, 0.3) is 0 Å². The zero-order chi connectivity index (χ0) is 12.8. The van der Waals surface area contributed by atoms with Gasteiger partial charge in [0.1, 0.15) is 6.33 Å². The Morgan fingerprint density at radius 1 is 1.28 bits per heavy atom. The van der Waals surface area contributed by atoms with Crippen molar-refractivity contribution in [1.82, 2.24) is 14.5 Å². The molecule has 0 radical (unpaired) electrons. The first-order valence-electron chi connectivity index (χ1n) is 5.94. The van der Waals surface area contributed by atoms with Crippen molar-refractivity contribution in [1.29, 1.82) is 0 Å². The lowest BCUT2D eigenvalue weighted by Crippen LogP contribution is -2.09. The maximum Gasteiger partial charge on any atom is 0.232 e. The monoisotopic (exact) mass is 244 g/mol. The van der Waals surface area contributed by atoms with Gasteiger partial charge in [0.2, 0.25) is 5.91 Å². The van der Waals surface area contributed by atoms with Gasteiger partial charge in [-0.05, 0) is 30.7 Å². The van der Waals surface area contributed by atoms with Gasteiger partial charge in [-0.3, -0.25) is 14.3 Å². The Labute approximate surface area is 106 Å². The zero-order valence-corrected chi connectivity index (χ0v) is 10.1. The van der Waals surface area contributed by atoms with Gasteiger partial charge in [-0.25, -0.2) is 4.98 Å². The minimum Gasteiger partial charge on any atom is -0.330 e. The molecule has 0 fully saturated rings. The van der Waals surface area contributed by atoms with E-state index in [1.807, 2.05) is 12.1 Å². The number of imidazole rings is 1. The molecule has 0 atom stereocenters. The second kappa shape index (κ2) is 6.07. The van der Waals surface area contributed by atoms with Crippen LogP contribution in [0.4, 0.5) is 0 Å². The Morgan fingerprint density at radius 3 is 2.78 bits per heavy atom. The summed E-state index contributed by atoms with van der Waals surface area (Å²) in [4.78, 5) is 20.0. The van der Waals surface area contributed by atoms with E-state index in [4.69, 9.17) is 5.73 Å². The van der Waals surface area contributed by atoms with Gasteiger partial charge in [0.15, 0.2) is 0 Å². The van der Waals surface area contributed by atoms with Crippen LogP contribution in [0, 0.1) is 0 Å². The van der Waals surface area contributed by atoms with Crippen molar-refractivity contribution < 1.29 is 4.79 Å². The van der Waals surface area contributed by atoms with E-state index in [9.17, 15) is 4.79 Å². The van der Waals surface area contributed by atoms with Gasteiger partial charge >= 0.3 is 0 Å². The highest BCUT2D eigenvalue weighted by Gasteiger charge is 2.06. The van der Waals surface area contributed by atoms with E-state index in [1.165, 1.54) is 4.57 Å². The Balaban J connectivity index is 1.91. The fourth-order valence-corrected chi connectivity index (χ4v) is 1.71. The van der Waals surface area contributed by atoms with Crippen molar-refractivity contribution in [3.8, 4) is 0 Å². The number of carbonyl (C=O) groups is 1. The highest BCUT2D eigenvalue weighted by Crippen LogP contribution is 2.04. The minimum atomic E-state index is 0.0441. The lowest BCUT2D eigenvalue weighted by atomic mass is 10.1. The van der Waals surface area contributed by atoms with E-state index in [1.54, 1.807) is 24.9 Å². The molecule has 5 nitrogen and oxygen atoms in total. The van der Waals surface area contributed by atoms with Crippen molar-refractivity contribution in [2.75, 3.05) is 6.54 Å². The number of rotatable bonds is 5. The van der Waals surface area contributed by atoms with Crippen LogP contribution in [-0.4, -0.2) is 27.0 Å². The van der Waals surface area contributed by atoms with E-state index in [2.05, 4.69) is 9.97 Å². The van der Waals surface area contributed by atoms with Crippen molar-refractivity contribution in [3.05, 3.63) is 48.3 Å². The van der Waals surface area contributed by atoms with Crippen molar-refractivity contribution in [2.45, 2.75) is 19.3 Å². The number of aryl methyl sites for hydroxylation is 1. The average molecular weight is 244 g/mol. The number of nitrogens with zero attached hydrogens (tertiary/aromatic N) is 3. The number of carbonyl (C=O) groups excluding carboxylic acids is 1. The van der Waals surface area contributed by atoms with Gasteiger partial charge in [-0.2, -0.15) is 0 Å². The molecule has 2 heterocycles. The summed E-state index contributed by atoms with van der Waals surface area (Å²) in [7, 11) is 0. The summed E-state index contributed by atoms with van der Waals surface area (Å²) in [5, 5.41) is 0. The summed E-state index contributed by atoms with van der Waals surface area (Å²) in [6.07, 6.45) is 8.65. The standard InChI is InChI=1S/C13H16N4O/c14-6-3-12-9-17(10-16-12)13(18)2-1-11-4-7-15-8-5-11/h4-5,7-10H,1-3,6,14H2. The molecule has 0 saturated heterocycles. The van der Waals surface area contributed by atoms with Crippen LogP contribution in [0.15, 0.2) is 37.1 Å². The van der Waals surface area contributed by atoms with Crippen LogP contribution < -0.4 is 5.73 Å². The number of hydrogen-bond donors (Lipinski definition) is 1. The molecule has 18 heavy (non-hydrogen) atoms. The molecule has 0 spiro atoms. The minimum absolute atomic E-state index is 0.0441. The third-order valence-electron chi connectivity index (χ3n) is 2.70. The number of pyridine rings is 1. The molecular formula is C13H16N4O. The lowest BCUT2D eigenvalue weighted by Gasteiger charge is -2.01. The lowest BCUT2D eigenvalue weighted by molar-refractivity contribution is 0.0902. The van der Waals surface area contributed by atoms with E-state index >= 15 is 0 Å². The largest absolute Gasteiger partial charge is 0.330 e. The Morgan fingerprint density at radius 2 is 2.06 bits per heavy atom. The highest BCUT2D eigenvalue weighted by atomic mass is 16.2. The third-order valence-corrected chi connectivity index (χ3v) is 2.70. The van der Waals surface area contributed by atoms with Crippen LogP contribution >= 0.6 is 0 Å². The van der Waals surface area contributed by atoms with Crippen LogP contribution in [-0.2, 0) is 12.8 Å². The summed E-state index contributed by atoms with van der Waals surface area (Å²) >= 11 is 0. The molecular weight excluding hydrogens is 228 g/mol. The molecule has 0 aliphatic carbocycles. The maximum atomic E-state index is 11.9. The molecule has 0 aromatic carbocycles. The van der Waals surface area contributed by atoms with E-state index in [-0.39, 0.29) is 5.91 Å². The van der Waals surface area contributed by atoms with Gasteiger partial charge < -0.3 is 5.73 Å². The van der Waals surface area contributed by atoms with Crippen LogP contribution in [0.2, 0.25) is 0 Å². The van der Waals surface area contributed by atoms with Crippen LogP contribution in [0.5, 0.6) is 0 Å². The molecule has 2 aromatic rings. The summed E-state index contributed by atoms with van der Waals surface area (Å²) in [6, 6.07) is 3.84. The Bertz CT molecular complexity index is 507. The first-order valence-corrected chi connectivity index (χ1v) is 5.94. The van der Waals surface area contributed by atoms with Gasteiger partial charge in [0.05, 0.1) is 5.69 Å². The fraction of sp³-hybridized carbons (Fsp3) is 0.308. The summed E-state index contributed by atoms with van der Waals surface area (Å²) in [5.41, 5.74) is 7.41. The topological polar surface area (TPSA) is 73.8 Å². The predicted molar refractivity (Wildman–Crippen MR) is 68.2 cm³/mol. The number of hydrogen-bond acceptors (Lipinski definition) is 4. The van der Waals surface area contributed by atoms with Gasteiger partial charge in [-0.15, -0.1) is 0 Å². The first kappa shape index (κ1) is 12.4. The van der Waals surface area contributed by atoms with Gasteiger partial charge in [0.25, 0.3) is 0 Å². The van der Waals surface area contributed by atoms with E-state index < -0.39 is 0 Å². The smallest absolute Gasteiger partial charge is 0.232 e. The summed E-state index contributed by atoms with van der Waals surface area (Å²) in [5.74, 6) is 0.0441. The van der Waals surface area contributed by atoms with Gasteiger partial charge in [0, 0.05) is 31.4 Å². The third kappa shape index (κ3) is 3.24. The quantitative estimate of drug-likeness (QED) is 0.853. The molecule has 0 saturated carbocycles. The second-order valence-electron chi connectivity index (χ2n) is 4.06. The Hall–Kier alpha value is -2.01. The molecule has 0 aliphatic heterocycles. The van der Waals surface area contributed by atoms with Gasteiger partial charge in [-0.1, -0.05) is 0 Å². The molecule has 5 heteroatoms. The number of aromatic nitrogens is 3. The predicted octanol–water partition coefficient (Wildman–Crippen LogP) is 1.05. The molecule has 0 aliphatic rings. The Kier molecular flexibility index (Phi) is 4.20. The molecule has 0 amide bonds. The average Bonchev–Trinajstić information content (AvgIpc) is 2.86. The SMILES string of the molecule is NCCc1cn(C(=O)CCc2ccncc2)cn1. The van der Waals surface area contributed by atoms with Crippen molar-refractivity contribution in [3.63, 3.8) is 0 Å². The first-order chi connectivity index (χ1) is 8.79. The molecule has 0 unspecified atom stereocenters. The normalized spacial score (nSPS) is 10.5. The summed E-state index contributed by atoms with van der Waals surface area (Å²) in [6.45, 7) is 0.544. The molecule has 2 rings (SSSR count). The number of nitrogens with two attached hydrogens (primary N) is 1.